The first-order chi connectivity index (χ1) is 15.3. The smallest absolute Gasteiger partial charge is 0.321 e. The first-order valence-electron chi connectivity index (χ1n) is 12.1. The summed E-state index contributed by atoms with van der Waals surface area (Å²) in [6.45, 7) is 9.25. The summed E-state index contributed by atoms with van der Waals surface area (Å²) in [6, 6.07) is 8.96. The third-order valence-electron chi connectivity index (χ3n) is 6.48. The second kappa shape index (κ2) is 11.2. The topological polar surface area (TPSA) is 64.0 Å². The van der Waals surface area contributed by atoms with Gasteiger partial charge >= 0.3 is 6.03 Å². The normalized spacial score (nSPS) is 26.6. The largest absolute Gasteiger partial charge is 0.388 e. The van der Waals surface area contributed by atoms with Crippen LogP contribution in [0.15, 0.2) is 54.1 Å². The second-order valence-electron chi connectivity index (χ2n) is 10.2. The number of nitrogens with zero attached hydrogens (tertiary/aromatic N) is 2. The lowest BCUT2D eigenvalue weighted by Crippen LogP contribution is -2.50. The minimum atomic E-state index is -0.991. The van der Waals surface area contributed by atoms with E-state index in [-0.39, 0.29) is 17.9 Å². The number of urea groups is 1. The molecule has 0 spiro atoms. The Labute approximate surface area is 193 Å². The molecule has 0 radical (unpaired) electrons. The van der Waals surface area contributed by atoms with Gasteiger partial charge in [0.05, 0.1) is 12.1 Å². The van der Waals surface area contributed by atoms with Gasteiger partial charge in [-0.15, -0.1) is 0 Å². The number of carbonyl (C=O) groups is 1. The van der Waals surface area contributed by atoms with E-state index in [9.17, 15) is 15.0 Å². The maximum Gasteiger partial charge on any atom is 0.321 e. The molecule has 176 valence electrons. The number of amides is 2. The monoisotopic (exact) mass is 440 g/mol. The Morgan fingerprint density at radius 2 is 1.44 bits per heavy atom. The zero-order chi connectivity index (χ0) is 23.3. The minimum absolute atomic E-state index is 0.0966. The number of rotatable bonds is 8. The molecule has 0 bridgehead atoms. The van der Waals surface area contributed by atoms with Crippen LogP contribution in [0.1, 0.15) is 58.9 Å². The SMILES string of the molecule is CC(C)C[C@@H]1[C@H](O)[C@@H](O)[C@@H](CC(C)C)N(Cc2ccccc2)C(=O)N1CC1=CCCC=C1. The molecule has 4 atom stereocenters. The van der Waals surface area contributed by atoms with Crippen LogP contribution in [-0.2, 0) is 6.54 Å². The van der Waals surface area contributed by atoms with Crippen molar-refractivity contribution >= 4 is 6.03 Å². The second-order valence-corrected chi connectivity index (χ2v) is 10.2. The van der Waals surface area contributed by atoms with Gasteiger partial charge in [0.2, 0.25) is 0 Å². The fraction of sp³-hybridized carbons (Fsp3) is 0.593. The van der Waals surface area contributed by atoms with E-state index in [2.05, 4.69) is 45.9 Å². The highest BCUT2D eigenvalue weighted by molar-refractivity contribution is 5.76. The van der Waals surface area contributed by atoms with Crippen LogP contribution in [0.5, 0.6) is 0 Å². The van der Waals surface area contributed by atoms with Crippen molar-refractivity contribution in [3.05, 3.63) is 59.7 Å². The van der Waals surface area contributed by atoms with Crippen LogP contribution in [0.25, 0.3) is 0 Å². The summed E-state index contributed by atoms with van der Waals surface area (Å²) in [7, 11) is 0. The van der Waals surface area contributed by atoms with Crippen molar-refractivity contribution in [2.45, 2.75) is 84.2 Å². The van der Waals surface area contributed by atoms with Gasteiger partial charge in [-0.1, -0.05) is 76.3 Å². The minimum Gasteiger partial charge on any atom is -0.388 e. The zero-order valence-electron chi connectivity index (χ0n) is 20.0. The Morgan fingerprint density at radius 1 is 0.875 bits per heavy atom. The average molecular weight is 441 g/mol. The molecule has 5 nitrogen and oxygen atoms in total. The number of benzene rings is 1. The number of carbonyl (C=O) groups excluding carboxylic acids is 1. The molecular formula is C27H40N2O3. The molecule has 1 heterocycles. The van der Waals surface area contributed by atoms with Crippen molar-refractivity contribution in [3.8, 4) is 0 Å². The van der Waals surface area contributed by atoms with Crippen molar-refractivity contribution in [3.63, 3.8) is 0 Å². The summed E-state index contributed by atoms with van der Waals surface area (Å²) in [5.41, 5.74) is 2.12. The summed E-state index contributed by atoms with van der Waals surface area (Å²) in [5.74, 6) is 0.573. The van der Waals surface area contributed by atoms with Crippen molar-refractivity contribution in [2.24, 2.45) is 11.8 Å². The maximum atomic E-state index is 14.1. The predicted octanol–water partition coefficient (Wildman–Crippen LogP) is 4.75. The van der Waals surface area contributed by atoms with Gasteiger partial charge in [-0.2, -0.15) is 0 Å². The van der Waals surface area contributed by atoms with Crippen LogP contribution in [0, 0.1) is 11.8 Å². The van der Waals surface area contributed by atoms with Crippen LogP contribution < -0.4 is 0 Å². The molecule has 0 unspecified atom stereocenters. The zero-order valence-corrected chi connectivity index (χ0v) is 20.0. The summed E-state index contributed by atoms with van der Waals surface area (Å²) in [4.78, 5) is 17.7. The number of aliphatic hydroxyl groups is 2. The lowest BCUT2D eigenvalue weighted by Gasteiger charge is -2.36. The van der Waals surface area contributed by atoms with E-state index in [4.69, 9.17) is 0 Å². The highest BCUT2D eigenvalue weighted by Crippen LogP contribution is 2.31. The molecule has 1 saturated heterocycles. The molecule has 1 fully saturated rings. The van der Waals surface area contributed by atoms with Gasteiger partial charge in [-0.3, -0.25) is 0 Å². The van der Waals surface area contributed by atoms with Crippen LogP contribution in [0.4, 0.5) is 4.79 Å². The number of allylic oxidation sites excluding steroid dienone is 2. The Kier molecular flexibility index (Phi) is 8.55. The average Bonchev–Trinajstić information content (AvgIpc) is 2.82. The van der Waals surface area contributed by atoms with Gasteiger partial charge in [0.15, 0.2) is 0 Å². The van der Waals surface area contributed by atoms with Gasteiger partial charge in [0.25, 0.3) is 0 Å². The molecule has 2 N–H and O–H groups in total. The van der Waals surface area contributed by atoms with E-state index >= 15 is 0 Å². The predicted molar refractivity (Wildman–Crippen MR) is 129 cm³/mol. The number of hydrogen-bond acceptors (Lipinski definition) is 3. The molecule has 1 aromatic carbocycles. The van der Waals surface area contributed by atoms with Gasteiger partial charge in [0, 0.05) is 13.1 Å². The highest BCUT2D eigenvalue weighted by Gasteiger charge is 2.46. The van der Waals surface area contributed by atoms with Gasteiger partial charge in [-0.05, 0) is 48.7 Å². The summed E-state index contributed by atoms with van der Waals surface area (Å²) in [5, 5.41) is 22.7. The lowest BCUT2D eigenvalue weighted by molar-refractivity contribution is -0.0470. The van der Waals surface area contributed by atoms with E-state index < -0.39 is 24.3 Å². The molecule has 2 amide bonds. The van der Waals surface area contributed by atoms with Crippen LogP contribution in [-0.4, -0.2) is 56.9 Å². The van der Waals surface area contributed by atoms with Crippen LogP contribution >= 0.6 is 0 Å². The molecule has 5 heteroatoms. The Morgan fingerprint density at radius 3 is 1.94 bits per heavy atom. The third kappa shape index (κ3) is 6.02. The molecule has 32 heavy (non-hydrogen) atoms. The third-order valence-corrected chi connectivity index (χ3v) is 6.48. The number of hydrogen-bond donors (Lipinski definition) is 2. The lowest BCUT2D eigenvalue weighted by atomic mass is 9.89. The fourth-order valence-corrected chi connectivity index (χ4v) is 4.90. The standard InChI is InChI=1S/C27H40N2O3/c1-19(2)15-23-25(30)26(31)24(16-20(3)4)29(18-22-13-9-6-10-14-22)27(32)28(23)17-21-11-7-5-8-12-21/h5,7-9,11-14,19-20,23-26,30-31H,6,10,15-18H2,1-4H3/t23-,24-,25+,26+/m1/s1. The van der Waals surface area contributed by atoms with Gasteiger partial charge < -0.3 is 20.0 Å². The highest BCUT2D eigenvalue weighted by atomic mass is 16.3. The van der Waals surface area contributed by atoms with E-state index in [1.807, 2.05) is 35.2 Å². The number of aliphatic hydroxyl groups excluding tert-OH is 2. The quantitative estimate of drug-likeness (QED) is 0.613. The van der Waals surface area contributed by atoms with E-state index in [0.29, 0.717) is 25.9 Å². The van der Waals surface area contributed by atoms with Crippen LogP contribution in [0.2, 0.25) is 0 Å². The molecule has 1 aromatic rings. The molecule has 3 rings (SSSR count). The first kappa shape index (κ1) is 24.5. The van der Waals surface area contributed by atoms with E-state index in [1.54, 1.807) is 4.90 Å². The molecule has 2 aliphatic rings. The fourth-order valence-electron chi connectivity index (χ4n) is 4.90. The molecule has 0 saturated carbocycles. The first-order valence-corrected chi connectivity index (χ1v) is 12.1. The van der Waals surface area contributed by atoms with Gasteiger partial charge in [-0.25, -0.2) is 4.79 Å². The summed E-state index contributed by atoms with van der Waals surface area (Å²) < 4.78 is 0. The van der Waals surface area contributed by atoms with Crippen molar-refractivity contribution in [1.82, 2.24) is 9.80 Å². The summed E-state index contributed by atoms with van der Waals surface area (Å²) >= 11 is 0. The Bertz CT molecular complexity index is 802. The maximum absolute atomic E-state index is 14.1. The van der Waals surface area contributed by atoms with Crippen molar-refractivity contribution < 1.29 is 15.0 Å². The summed E-state index contributed by atoms with van der Waals surface area (Å²) in [6.07, 6.45) is 7.71. The van der Waals surface area contributed by atoms with Crippen molar-refractivity contribution in [1.29, 1.82) is 0 Å². The molecule has 1 aliphatic carbocycles. The molecule has 0 aromatic heterocycles. The molecule has 1 aliphatic heterocycles. The van der Waals surface area contributed by atoms with Gasteiger partial charge in [0.1, 0.15) is 12.2 Å². The van der Waals surface area contributed by atoms with Crippen LogP contribution in [0.3, 0.4) is 0 Å². The van der Waals surface area contributed by atoms with E-state index in [0.717, 1.165) is 24.0 Å². The molecular weight excluding hydrogens is 400 g/mol. The Balaban J connectivity index is 2.02. The van der Waals surface area contributed by atoms with E-state index in [1.165, 1.54) is 0 Å². The van der Waals surface area contributed by atoms with Crippen molar-refractivity contribution in [2.75, 3.05) is 6.54 Å². The Hall–Kier alpha value is -2.11.